The molecule has 26 heavy (non-hydrogen) atoms. The summed E-state index contributed by atoms with van der Waals surface area (Å²) in [5.41, 5.74) is 3.64. The highest BCUT2D eigenvalue weighted by Crippen LogP contribution is 2.37. The average molecular weight is 348 g/mol. The van der Waals surface area contributed by atoms with Crippen molar-refractivity contribution < 1.29 is 14.3 Å². The lowest BCUT2D eigenvalue weighted by Crippen LogP contribution is -2.20. The second-order valence-electron chi connectivity index (χ2n) is 6.39. The van der Waals surface area contributed by atoms with E-state index in [4.69, 9.17) is 9.47 Å². The first-order chi connectivity index (χ1) is 12.7. The van der Waals surface area contributed by atoms with Crippen molar-refractivity contribution in [1.82, 2.24) is 9.78 Å². The summed E-state index contributed by atoms with van der Waals surface area (Å²) in [5, 5.41) is 4.47. The molecule has 0 fully saturated rings. The topological polar surface area (TPSA) is 53.4 Å². The second kappa shape index (κ2) is 6.67. The van der Waals surface area contributed by atoms with Crippen LogP contribution in [-0.4, -0.2) is 29.8 Å². The molecule has 3 aromatic rings. The van der Waals surface area contributed by atoms with Gasteiger partial charge < -0.3 is 9.47 Å². The van der Waals surface area contributed by atoms with Crippen LogP contribution in [0.3, 0.4) is 0 Å². The number of hydrogen-bond donors (Lipinski definition) is 0. The minimum Gasteiger partial charge on any atom is -0.497 e. The SMILES string of the molecule is COc1ccc(-n2ncc3c2CC(c2ccccc2OC)CC3=O)cc1. The molecule has 0 saturated carbocycles. The Bertz CT molecular complexity index is 944. The molecule has 0 radical (unpaired) electrons. The van der Waals surface area contributed by atoms with Crippen molar-refractivity contribution in [2.24, 2.45) is 0 Å². The molecule has 132 valence electrons. The molecular weight excluding hydrogens is 328 g/mol. The fourth-order valence-corrected chi connectivity index (χ4v) is 3.61. The maximum atomic E-state index is 12.7. The minimum absolute atomic E-state index is 0.0832. The summed E-state index contributed by atoms with van der Waals surface area (Å²) in [6.45, 7) is 0. The number of nitrogens with zero attached hydrogens (tertiary/aromatic N) is 2. The van der Waals surface area contributed by atoms with Gasteiger partial charge in [0.2, 0.25) is 0 Å². The Morgan fingerprint density at radius 3 is 2.50 bits per heavy atom. The lowest BCUT2D eigenvalue weighted by atomic mass is 9.82. The molecule has 1 atom stereocenters. The van der Waals surface area contributed by atoms with E-state index in [1.807, 2.05) is 53.2 Å². The number of ether oxygens (including phenoxy) is 2. The summed E-state index contributed by atoms with van der Waals surface area (Å²) < 4.78 is 12.6. The quantitative estimate of drug-likeness (QED) is 0.720. The van der Waals surface area contributed by atoms with Crippen molar-refractivity contribution >= 4 is 5.78 Å². The first-order valence-electron chi connectivity index (χ1n) is 8.58. The van der Waals surface area contributed by atoms with Gasteiger partial charge in [-0.2, -0.15) is 5.10 Å². The van der Waals surface area contributed by atoms with Crippen molar-refractivity contribution in [1.29, 1.82) is 0 Å². The Balaban J connectivity index is 1.73. The van der Waals surface area contributed by atoms with Crippen LogP contribution < -0.4 is 9.47 Å². The first kappa shape index (κ1) is 16.4. The molecule has 1 heterocycles. The summed E-state index contributed by atoms with van der Waals surface area (Å²) >= 11 is 0. The number of rotatable bonds is 4. The van der Waals surface area contributed by atoms with Gasteiger partial charge in [0.15, 0.2) is 5.78 Å². The number of aromatic nitrogens is 2. The molecule has 1 aliphatic rings. The van der Waals surface area contributed by atoms with Crippen molar-refractivity contribution in [3.63, 3.8) is 0 Å². The van der Waals surface area contributed by atoms with Crippen LogP contribution in [0.4, 0.5) is 0 Å². The van der Waals surface area contributed by atoms with E-state index in [1.165, 1.54) is 0 Å². The van der Waals surface area contributed by atoms with E-state index < -0.39 is 0 Å². The Kier molecular flexibility index (Phi) is 4.21. The van der Waals surface area contributed by atoms with E-state index in [9.17, 15) is 4.79 Å². The van der Waals surface area contributed by atoms with Crippen LogP contribution in [0.5, 0.6) is 11.5 Å². The van der Waals surface area contributed by atoms with Crippen LogP contribution in [0, 0.1) is 0 Å². The third-order valence-electron chi connectivity index (χ3n) is 4.94. The molecule has 1 aromatic heterocycles. The van der Waals surface area contributed by atoms with E-state index in [0.29, 0.717) is 12.0 Å². The molecule has 0 spiro atoms. The molecule has 0 saturated heterocycles. The van der Waals surface area contributed by atoms with Gasteiger partial charge in [-0.15, -0.1) is 0 Å². The first-order valence-corrected chi connectivity index (χ1v) is 8.58. The van der Waals surface area contributed by atoms with E-state index >= 15 is 0 Å². The van der Waals surface area contributed by atoms with E-state index in [0.717, 1.165) is 34.9 Å². The average Bonchev–Trinajstić information content (AvgIpc) is 3.12. The molecule has 0 amide bonds. The summed E-state index contributed by atoms with van der Waals surface area (Å²) in [7, 11) is 3.30. The van der Waals surface area contributed by atoms with Crippen LogP contribution in [-0.2, 0) is 6.42 Å². The van der Waals surface area contributed by atoms with Gasteiger partial charge in [0.25, 0.3) is 0 Å². The second-order valence-corrected chi connectivity index (χ2v) is 6.39. The third kappa shape index (κ3) is 2.75. The standard InChI is InChI=1S/C21H20N2O3/c1-25-16-9-7-15(8-10-16)23-19-11-14(12-20(24)18(19)13-22-23)17-5-3-4-6-21(17)26-2/h3-10,13-14H,11-12H2,1-2H3. The highest BCUT2D eigenvalue weighted by molar-refractivity contribution is 5.98. The molecule has 0 bridgehead atoms. The zero-order valence-corrected chi connectivity index (χ0v) is 14.8. The van der Waals surface area contributed by atoms with Gasteiger partial charge in [-0.05, 0) is 42.3 Å². The molecule has 0 aliphatic heterocycles. The van der Waals surface area contributed by atoms with Crippen molar-refractivity contribution in [3.8, 4) is 17.2 Å². The zero-order valence-electron chi connectivity index (χ0n) is 14.8. The van der Waals surface area contributed by atoms with Crippen LogP contribution >= 0.6 is 0 Å². The number of carbonyl (C=O) groups excluding carboxylic acids is 1. The van der Waals surface area contributed by atoms with Gasteiger partial charge in [0, 0.05) is 12.3 Å². The number of hydrogen-bond acceptors (Lipinski definition) is 4. The van der Waals surface area contributed by atoms with Crippen LogP contribution in [0.15, 0.2) is 54.7 Å². The molecule has 0 N–H and O–H groups in total. The van der Waals surface area contributed by atoms with Crippen molar-refractivity contribution in [3.05, 3.63) is 71.5 Å². The molecule has 1 unspecified atom stereocenters. The number of methoxy groups -OCH3 is 2. The van der Waals surface area contributed by atoms with E-state index in [-0.39, 0.29) is 11.7 Å². The lowest BCUT2D eigenvalue weighted by molar-refractivity contribution is 0.0963. The predicted octanol–water partition coefficient (Wildman–Crippen LogP) is 3.80. The molecule has 5 heteroatoms. The largest absolute Gasteiger partial charge is 0.497 e. The highest BCUT2D eigenvalue weighted by Gasteiger charge is 2.31. The molecule has 5 nitrogen and oxygen atoms in total. The van der Waals surface area contributed by atoms with Gasteiger partial charge in [0.1, 0.15) is 11.5 Å². The monoisotopic (exact) mass is 348 g/mol. The fourth-order valence-electron chi connectivity index (χ4n) is 3.61. The summed E-state index contributed by atoms with van der Waals surface area (Å²) in [6, 6.07) is 15.6. The number of benzene rings is 2. The van der Waals surface area contributed by atoms with Crippen LogP contribution in [0.2, 0.25) is 0 Å². The molecular formula is C21H20N2O3. The van der Waals surface area contributed by atoms with Crippen LogP contribution in [0.25, 0.3) is 5.69 Å². The van der Waals surface area contributed by atoms with Gasteiger partial charge in [-0.3, -0.25) is 4.79 Å². The van der Waals surface area contributed by atoms with Crippen LogP contribution in [0.1, 0.15) is 34.0 Å². The fraction of sp³-hybridized carbons (Fsp3) is 0.238. The summed E-state index contributed by atoms with van der Waals surface area (Å²) in [5.74, 6) is 1.82. The summed E-state index contributed by atoms with van der Waals surface area (Å²) in [6.07, 6.45) is 2.90. The smallest absolute Gasteiger partial charge is 0.166 e. The Hall–Kier alpha value is -3.08. The number of fused-ring (bicyclic) bond motifs is 1. The van der Waals surface area contributed by atoms with Gasteiger partial charge >= 0.3 is 0 Å². The maximum absolute atomic E-state index is 12.7. The minimum atomic E-state index is 0.0832. The molecule has 2 aromatic carbocycles. The predicted molar refractivity (Wildman–Crippen MR) is 98.5 cm³/mol. The number of Topliss-reactive ketones (excluding diaryl/α,β-unsaturated/α-hetero) is 1. The zero-order chi connectivity index (χ0) is 18.1. The van der Waals surface area contributed by atoms with Crippen molar-refractivity contribution in [2.45, 2.75) is 18.8 Å². The Morgan fingerprint density at radius 1 is 1.00 bits per heavy atom. The number of para-hydroxylation sites is 1. The number of carbonyl (C=O) groups is 1. The normalized spacial score (nSPS) is 16.2. The maximum Gasteiger partial charge on any atom is 0.166 e. The van der Waals surface area contributed by atoms with Crippen molar-refractivity contribution in [2.75, 3.05) is 14.2 Å². The summed E-state index contributed by atoms with van der Waals surface area (Å²) in [4.78, 5) is 12.7. The Morgan fingerprint density at radius 2 is 1.77 bits per heavy atom. The van der Waals surface area contributed by atoms with E-state index in [2.05, 4.69) is 5.10 Å². The molecule has 4 rings (SSSR count). The Labute approximate surface area is 152 Å². The highest BCUT2D eigenvalue weighted by atomic mass is 16.5. The van der Waals surface area contributed by atoms with E-state index in [1.54, 1.807) is 20.4 Å². The number of ketones is 1. The molecule has 1 aliphatic carbocycles. The van der Waals surface area contributed by atoms with Gasteiger partial charge in [-0.1, -0.05) is 18.2 Å². The third-order valence-corrected chi connectivity index (χ3v) is 4.94. The lowest BCUT2D eigenvalue weighted by Gasteiger charge is -2.24. The van der Waals surface area contributed by atoms with Gasteiger partial charge in [0.05, 0.1) is 37.4 Å². The van der Waals surface area contributed by atoms with Gasteiger partial charge in [-0.25, -0.2) is 4.68 Å².